The lowest BCUT2D eigenvalue weighted by atomic mass is 10.1. The average Bonchev–Trinajstić information content (AvgIpc) is 2.17. The Morgan fingerprint density at radius 2 is 2.21 bits per heavy atom. The Hall–Kier alpha value is -1.62. The number of primary amides is 1. The minimum atomic E-state index is -1.58. The van der Waals surface area contributed by atoms with Gasteiger partial charge < -0.3 is 16.2 Å². The van der Waals surface area contributed by atoms with Crippen molar-refractivity contribution in [1.82, 2.24) is 0 Å². The average molecular weight is 198 g/mol. The number of carbonyl (C=O) groups excluding carboxylic acids is 1. The summed E-state index contributed by atoms with van der Waals surface area (Å²) in [6.45, 7) is 0. The Kier molecular flexibility index (Phi) is 3.03. The van der Waals surface area contributed by atoms with Crippen LogP contribution in [0.5, 0.6) is 0 Å². The van der Waals surface area contributed by atoms with E-state index >= 15 is 0 Å². The van der Waals surface area contributed by atoms with Crippen LogP contribution in [0, 0.1) is 0 Å². The number of anilines is 1. The van der Waals surface area contributed by atoms with Crippen LogP contribution in [0.25, 0.3) is 0 Å². The first-order chi connectivity index (χ1) is 6.56. The monoisotopic (exact) mass is 198 g/mol. The number of rotatable bonds is 3. The second-order valence-electron chi connectivity index (χ2n) is 2.76. The molecule has 1 aromatic rings. The lowest BCUT2D eigenvalue weighted by Gasteiger charge is -2.08. The van der Waals surface area contributed by atoms with Gasteiger partial charge in [-0.25, -0.2) is 4.39 Å². The standard InChI is InChI=1S/C9H11FN2O2/c1-14-8(10)5-2-3-7(11)6(4-5)9(12)13/h2-4,8H,11H2,1H3,(H2,12,13). The SMILES string of the molecule is COC(F)c1ccc(N)c(C(N)=O)c1. The summed E-state index contributed by atoms with van der Waals surface area (Å²) in [4.78, 5) is 10.9. The molecule has 5 heteroatoms. The molecule has 0 spiro atoms. The number of hydrogen-bond donors (Lipinski definition) is 2. The van der Waals surface area contributed by atoms with E-state index in [4.69, 9.17) is 11.5 Å². The van der Waals surface area contributed by atoms with Crippen molar-refractivity contribution in [1.29, 1.82) is 0 Å². The molecule has 0 saturated heterocycles. The van der Waals surface area contributed by atoms with Gasteiger partial charge in [-0.2, -0.15) is 0 Å². The highest BCUT2D eigenvalue weighted by Gasteiger charge is 2.12. The van der Waals surface area contributed by atoms with Gasteiger partial charge in [0, 0.05) is 18.4 Å². The molecule has 0 aromatic heterocycles. The van der Waals surface area contributed by atoms with E-state index in [0.717, 1.165) is 0 Å². The molecule has 0 aliphatic rings. The number of hydrogen-bond acceptors (Lipinski definition) is 3. The maximum atomic E-state index is 13.0. The van der Waals surface area contributed by atoms with E-state index in [1.807, 2.05) is 0 Å². The van der Waals surface area contributed by atoms with Gasteiger partial charge in [-0.1, -0.05) is 6.07 Å². The second-order valence-corrected chi connectivity index (χ2v) is 2.76. The molecule has 0 fully saturated rings. The van der Waals surface area contributed by atoms with E-state index in [0.29, 0.717) is 0 Å². The predicted octanol–water partition coefficient (Wildman–Crippen LogP) is 0.982. The normalized spacial score (nSPS) is 12.4. The quantitative estimate of drug-likeness (QED) is 0.710. The zero-order valence-electron chi connectivity index (χ0n) is 7.66. The van der Waals surface area contributed by atoms with Crippen LogP contribution in [0.3, 0.4) is 0 Å². The molecule has 0 heterocycles. The van der Waals surface area contributed by atoms with Crippen LogP contribution in [-0.4, -0.2) is 13.0 Å². The van der Waals surface area contributed by atoms with E-state index in [1.165, 1.54) is 25.3 Å². The van der Waals surface area contributed by atoms with Crippen molar-refractivity contribution in [2.24, 2.45) is 5.73 Å². The summed E-state index contributed by atoms with van der Waals surface area (Å²) in [5.74, 6) is -0.687. The van der Waals surface area contributed by atoms with Crippen LogP contribution in [0.1, 0.15) is 22.3 Å². The van der Waals surface area contributed by atoms with Gasteiger partial charge in [-0.05, 0) is 12.1 Å². The third-order valence-corrected chi connectivity index (χ3v) is 1.81. The van der Waals surface area contributed by atoms with Gasteiger partial charge in [-0.3, -0.25) is 4.79 Å². The highest BCUT2D eigenvalue weighted by Crippen LogP contribution is 2.22. The highest BCUT2D eigenvalue weighted by molar-refractivity contribution is 5.98. The lowest BCUT2D eigenvalue weighted by Crippen LogP contribution is -2.14. The summed E-state index contributed by atoms with van der Waals surface area (Å²) in [5.41, 5.74) is 11.1. The fraction of sp³-hybridized carbons (Fsp3) is 0.222. The number of amides is 1. The predicted molar refractivity (Wildman–Crippen MR) is 50.2 cm³/mol. The molecule has 0 radical (unpaired) electrons. The largest absolute Gasteiger partial charge is 0.398 e. The van der Waals surface area contributed by atoms with Crippen molar-refractivity contribution in [3.05, 3.63) is 29.3 Å². The number of benzene rings is 1. The van der Waals surface area contributed by atoms with Gasteiger partial charge in [0.2, 0.25) is 6.36 Å². The van der Waals surface area contributed by atoms with Gasteiger partial charge in [0.1, 0.15) is 0 Å². The van der Waals surface area contributed by atoms with Gasteiger partial charge in [-0.15, -0.1) is 0 Å². The molecule has 0 aliphatic heterocycles. The number of alkyl halides is 1. The molecule has 1 unspecified atom stereocenters. The Morgan fingerprint density at radius 3 is 2.71 bits per heavy atom. The molecule has 1 amide bonds. The lowest BCUT2D eigenvalue weighted by molar-refractivity contribution is -0.00662. The zero-order valence-corrected chi connectivity index (χ0v) is 7.66. The van der Waals surface area contributed by atoms with Crippen LogP contribution in [0.4, 0.5) is 10.1 Å². The topological polar surface area (TPSA) is 78.3 Å². The Labute approximate surface area is 80.6 Å². The molecule has 1 atom stereocenters. The van der Waals surface area contributed by atoms with Crippen molar-refractivity contribution in [3.63, 3.8) is 0 Å². The molecule has 1 rings (SSSR count). The van der Waals surface area contributed by atoms with E-state index < -0.39 is 12.3 Å². The first-order valence-electron chi connectivity index (χ1n) is 3.92. The van der Waals surface area contributed by atoms with E-state index in [2.05, 4.69) is 4.74 Å². The number of nitrogens with two attached hydrogens (primary N) is 2. The first kappa shape index (κ1) is 10.5. The van der Waals surface area contributed by atoms with Gasteiger partial charge in [0.05, 0.1) is 5.56 Å². The Balaban J connectivity index is 3.12. The van der Waals surface area contributed by atoms with Crippen molar-refractivity contribution in [3.8, 4) is 0 Å². The summed E-state index contributed by atoms with van der Waals surface area (Å²) in [7, 11) is 1.23. The smallest absolute Gasteiger partial charge is 0.250 e. The van der Waals surface area contributed by atoms with E-state index in [1.54, 1.807) is 0 Å². The minimum Gasteiger partial charge on any atom is -0.398 e. The summed E-state index contributed by atoms with van der Waals surface area (Å²) in [5, 5.41) is 0. The number of carbonyl (C=O) groups is 1. The van der Waals surface area contributed by atoms with Crippen LogP contribution >= 0.6 is 0 Å². The number of nitrogen functional groups attached to an aromatic ring is 1. The molecular formula is C9H11FN2O2. The third kappa shape index (κ3) is 2.00. The summed E-state index contributed by atoms with van der Waals surface area (Å²) in [6, 6.07) is 4.14. The number of halogens is 1. The molecule has 0 saturated carbocycles. The maximum Gasteiger partial charge on any atom is 0.250 e. The van der Waals surface area contributed by atoms with Crippen LogP contribution in [0.2, 0.25) is 0 Å². The highest BCUT2D eigenvalue weighted by atomic mass is 19.1. The molecule has 14 heavy (non-hydrogen) atoms. The molecule has 4 nitrogen and oxygen atoms in total. The molecule has 4 N–H and O–H groups in total. The van der Waals surface area contributed by atoms with Crippen molar-refractivity contribution >= 4 is 11.6 Å². The van der Waals surface area contributed by atoms with E-state index in [-0.39, 0.29) is 16.8 Å². The van der Waals surface area contributed by atoms with E-state index in [9.17, 15) is 9.18 Å². The van der Waals surface area contributed by atoms with Crippen LogP contribution in [-0.2, 0) is 4.74 Å². The summed E-state index contributed by atoms with van der Waals surface area (Å²) >= 11 is 0. The molecule has 1 aromatic carbocycles. The summed E-state index contributed by atoms with van der Waals surface area (Å²) < 4.78 is 17.5. The van der Waals surface area contributed by atoms with Crippen molar-refractivity contribution in [2.45, 2.75) is 6.36 Å². The fourth-order valence-corrected chi connectivity index (χ4v) is 1.06. The molecule has 0 aliphatic carbocycles. The number of methoxy groups -OCH3 is 1. The third-order valence-electron chi connectivity index (χ3n) is 1.81. The van der Waals surface area contributed by atoms with Gasteiger partial charge >= 0.3 is 0 Å². The van der Waals surface area contributed by atoms with Crippen molar-refractivity contribution < 1.29 is 13.9 Å². The molecule has 76 valence electrons. The van der Waals surface area contributed by atoms with Gasteiger partial charge in [0.25, 0.3) is 5.91 Å². The molecule has 0 bridgehead atoms. The first-order valence-corrected chi connectivity index (χ1v) is 3.92. The fourth-order valence-electron chi connectivity index (χ4n) is 1.06. The zero-order chi connectivity index (χ0) is 10.7. The number of ether oxygens (including phenoxy) is 1. The Bertz CT molecular complexity index is 355. The van der Waals surface area contributed by atoms with Gasteiger partial charge in [0.15, 0.2) is 0 Å². The van der Waals surface area contributed by atoms with Crippen LogP contribution < -0.4 is 11.5 Å². The Morgan fingerprint density at radius 1 is 1.57 bits per heavy atom. The van der Waals surface area contributed by atoms with Crippen LogP contribution in [0.15, 0.2) is 18.2 Å². The minimum absolute atomic E-state index is 0.0993. The second kappa shape index (κ2) is 4.06. The summed E-state index contributed by atoms with van der Waals surface area (Å²) in [6.07, 6.45) is -1.58. The van der Waals surface area contributed by atoms with Crippen molar-refractivity contribution in [2.75, 3.05) is 12.8 Å². The maximum absolute atomic E-state index is 13.0. The molecular weight excluding hydrogens is 187 g/mol.